The third-order valence-corrected chi connectivity index (χ3v) is 5.73. The fourth-order valence-electron chi connectivity index (χ4n) is 4.32. The number of hydrogen-bond donors (Lipinski definition) is 0. The van der Waals surface area contributed by atoms with E-state index in [2.05, 4.69) is 0 Å². The molecule has 0 saturated carbocycles. The number of aromatic nitrogens is 2. The third-order valence-electron chi connectivity index (χ3n) is 5.73. The normalized spacial score (nSPS) is 18.6. The molecule has 5 heterocycles. The van der Waals surface area contributed by atoms with E-state index in [-0.39, 0.29) is 19.0 Å². The van der Waals surface area contributed by atoms with Gasteiger partial charge in [-0.3, -0.25) is 4.79 Å². The van der Waals surface area contributed by atoms with Crippen LogP contribution in [0.3, 0.4) is 0 Å². The Morgan fingerprint density at radius 2 is 2.04 bits per heavy atom. The van der Waals surface area contributed by atoms with Crippen LogP contribution in [0.5, 0.6) is 11.5 Å². The molecule has 1 aromatic carbocycles. The first-order valence-corrected chi connectivity index (χ1v) is 9.23. The summed E-state index contributed by atoms with van der Waals surface area (Å²) in [7, 11) is 0. The van der Waals surface area contributed by atoms with E-state index in [1.165, 1.54) is 0 Å². The van der Waals surface area contributed by atoms with E-state index in [0.717, 1.165) is 33.4 Å². The summed E-state index contributed by atoms with van der Waals surface area (Å²) in [6.45, 7) is 2.57. The lowest BCUT2D eigenvalue weighted by molar-refractivity contribution is -0.841. The highest BCUT2D eigenvalue weighted by Crippen LogP contribution is 2.40. The molecule has 28 heavy (non-hydrogen) atoms. The van der Waals surface area contributed by atoms with Crippen LogP contribution in [0.4, 0.5) is 0 Å². The Morgan fingerprint density at radius 1 is 1.21 bits per heavy atom. The zero-order valence-electron chi connectivity index (χ0n) is 15.1. The standard InChI is InChI=1S/C20H16N3O5/c1-2-15-12-5-16-19-11(7-22(16)20(24)13(12)8-28-23(15)25)3-10-4-17-18(27-9-26-17)6-14(10)21-19/h3-6,15H,2,7-9H2,1H3/q+1. The van der Waals surface area contributed by atoms with Crippen LogP contribution in [0.15, 0.2) is 29.1 Å². The van der Waals surface area contributed by atoms with Crippen molar-refractivity contribution in [3.63, 3.8) is 0 Å². The van der Waals surface area contributed by atoms with Crippen molar-refractivity contribution >= 4 is 10.9 Å². The third kappa shape index (κ3) is 1.94. The van der Waals surface area contributed by atoms with Gasteiger partial charge in [-0.15, -0.1) is 0 Å². The van der Waals surface area contributed by atoms with E-state index in [0.29, 0.717) is 35.0 Å². The maximum atomic E-state index is 13.1. The summed E-state index contributed by atoms with van der Waals surface area (Å²) in [5.41, 5.74) is 4.44. The van der Waals surface area contributed by atoms with Gasteiger partial charge in [0.05, 0.1) is 33.9 Å². The van der Waals surface area contributed by atoms with Crippen LogP contribution in [0.1, 0.15) is 36.1 Å². The van der Waals surface area contributed by atoms with Crippen molar-refractivity contribution in [2.75, 3.05) is 6.79 Å². The van der Waals surface area contributed by atoms with Crippen molar-refractivity contribution < 1.29 is 19.2 Å². The molecule has 140 valence electrons. The Morgan fingerprint density at radius 3 is 2.86 bits per heavy atom. The van der Waals surface area contributed by atoms with Crippen molar-refractivity contribution in [2.24, 2.45) is 0 Å². The summed E-state index contributed by atoms with van der Waals surface area (Å²) in [4.78, 5) is 35.7. The monoisotopic (exact) mass is 378 g/mol. The second-order valence-corrected chi connectivity index (χ2v) is 7.23. The highest BCUT2D eigenvalue weighted by atomic mass is 16.8. The molecule has 8 nitrogen and oxygen atoms in total. The van der Waals surface area contributed by atoms with Gasteiger partial charge in [-0.2, -0.15) is 0 Å². The minimum Gasteiger partial charge on any atom is -0.454 e. The molecule has 0 saturated heterocycles. The van der Waals surface area contributed by atoms with Crippen LogP contribution in [0.25, 0.3) is 22.3 Å². The highest BCUT2D eigenvalue weighted by molar-refractivity contribution is 5.87. The number of nitrogens with zero attached hydrogens (tertiary/aromatic N) is 3. The Bertz CT molecular complexity index is 1260. The predicted octanol–water partition coefficient (Wildman–Crippen LogP) is 2.83. The molecule has 0 fully saturated rings. The minimum absolute atomic E-state index is 0.00158. The van der Waals surface area contributed by atoms with E-state index in [1.54, 1.807) is 4.57 Å². The zero-order valence-corrected chi connectivity index (χ0v) is 15.1. The summed E-state index contributed by atoms with van der Waals surface area (Å²) in [5, 5.41) is 0.939. The maximum Gasteiger partial charge on any atom is 0.282 e. The summed E-state index contributed by atoms with van der Waals surface area (Å²) < 4.78 is 12.6. The topological polar surface area (TPSA) is 82.7 Å². The van der Waals surface area contributed by atoms with Crippen molar-refractivity contribution in [2.45, 2.75) is 32.5 Å². The quantitative estimate of drug-likeness (QED) is 0.507. The summed E-state index contributed by atoms with van der Waals surface area (Å²) in [5.74, 6) is 1.38. The average Bonchev–Trinajstić information content (AvgIpc) is 3.28. The van der Waals surface area contributed by atoms with E-state index >= 15 is 0 Å². The molecule has 3 aliphatic rings. The first-order valence-electron chi connectivity index (χ1n) is 9.23. The fraction of sp³-hybridized carbons (Fsp3) is 0.300. The summed E-state index contributed by atoms with van der Waals surface area (Å²) in [6, 6.07) is 7.26. The van der Waals surface area contributed by atoms with Crippen molar-refractivity contribution in [1.82, 2.24) is 9.55 Å². The van der Waals surface area contributed by atoms with Crippen molar-refractivity contribution in [3.05, 3.63) is 56.2 Å². The van der Waals surface area contributed by atoms with Crippen LogP contribution in [-0.2, 0) is 18.0 Å². The molecule has 0 spiro atoms. The molecular formula is C20H16N3O5+. The lowest BCUT2D eigenvalue weighted by Crippen LogP contribution is -2.32. The Hall–Kier alpha value is -3.42. The number of fused-ring (bicyclic) bond motifs is 6. The largest absolute Gasteiger partial charge is 0.454 e. The van der Waals surface area contributed by atoms with Crippen LogP contribution in [0, 0.1) is 4.91 Å². The SMILES string of the molecule is CCC1c2cc3n(c(=O)c2CO[N+]1=O)Cc1cc2cc4c(cc2nc1-3)OCO4. The van der Waals surface area contributed by atoms with E-state index in [1.807, 2.05) is 31.2 Å². The highest BCUT2D eigenvalue weighted by Gasteiger charge is 2.39. The van der Waals surface area contributed by atoms with Gasteiger partial charge in [0.1, 0.15) is 0 Å². The van der Waals surface area contributed by atoms with Gasteiger partial charge in [-0.25, -0.2) is 9.82 Å². The predicted molar refractivity (Wildman–Crippen MR) is 98.1 cm³/mol. The average molecular weight is 378 g/mol. The Labute approximate surface area is 158 Å². The second kappa shape index (κ2) is 5.31. The van der Waals surface area contributed by atoms with Gasteiger partial charge in [0.15, 0.2) is 18.1 Å². The van der Waals surface area contributed by atoms with Crippen LogP contribution < -0.4 is 15.0 Å². The van der Waals surface area contributed by atoms with Crippen molar-refractivity contribution in [3.8, 4) is 22.9 Å². The first-order chi connectivity index (χ1) is 13.6. The molecule has 2 aromatic heterocycles. The van der Waals surface area contributed by atoms with Crippen LogP contribution >= 0.6 is 0 Å². The van der Waals surface area contributed by atoms with Gasteiger partial charge in [-0.1, -0.05) is 6.92 Å². The molecule has 1 atom stereocenters. The number of ether oxygens (including phenoxy) is 2. The Balaban J connectivity index is 1.59. The molecule has 0 N–H and O–H groups in total. The van der Waals surface area contributed by atoms with Crippen molar-refractivity contribution in [1.29, 1.82) is 0 Å². The second-order valence-electron chi connectivity index (χ2n) is 7.23. The van der Waals surface area contributed by atoms with Gasteiger partial charge < -0.3 is 14.0 Å². The van der Waals surface area contributed by atoms with E-state index in [9.17, 15) is 9.70 Å². The van der Waals surface area contributed by atoms with Gasteiger partial charge in [0.2, 0.25) is 11.7 Å². The first kappa shape index (κ1) is 15.6. The van der Waals surface area contributed by atoms with E-state index in [4.69, 9.17) is 19.3 Å². The van der Waals surface area contributed by atoms with E-state index < -0.39 is 6.04 Å². The molecule has 1 unspecified atom stereocenters. The van der Waals surface area contributed by atoms with Crippen LogP contribution in [-0.4, -0.2) is 21.3 Å². The molecule has 0 amide bonds. The molecule has 3 aliphatic heterocycles. The zero-order chi connectivity index (χ0) is 19.0. The number of benzene rings is 1. The molecular weight excluding hydrogens is 362 g/mol. The number of rotatable bonds is 1. The molecule has 6 rings (SSSR count). The minimum atomic E-state index is -0.485. The molecule has 3 aromatic rings. The van der Waals surface area contributed by atoms with Crippen LogP contribution in [0.2, 0.25) is 0 Å². The number of pyridine rings is 2. The number of hydrogen-bond acceptors (Lipinski definition) is 6. The Kier molecular flexibility index (Phi) is 2.96. The molecule has 0 bridgehead atoms. The van der Waals surface area contributed by atoms with Gasteiger partial charge >= 0.3 is 0 Å². The van der Waals surface area contributed by atoms with Gasteiger partial charge in [-0.05, 0) is 18.2 Å². The fourth-order valence-corrected chi connectivity index (χ4v) is 4.32. The molecule has 0 radical (unpaired) electrons. The molecule has 0 aliphatic carbocycles. The van der Waals surface area contributed by atoms with Gasteiger partial charge in [0, 0.05) is 29.0 Å². The smallest absolute Gasteiger partial charge is 0.282 e. The lowest BCUT2D eigenvalue weighted by atomic mass is 9.98. The lowest BCUT2D eigenvalue weighted by Gasteiger charge is -2.17. The maximum absolute atomic E-state index is 13.1. The van der Waals surface area contributed by atoms with Gasteiger partial charge in [0.25, 0.3) is 11.6 Å². The molecule has 8 heteroatoms. The summed E-state index contributed by atoms with van der Waals surface area (Å²) in [6.07, 6.45) is 0.556. The summed E-state index contributed by atoms with van der Waals surface area (Å²) >= 11 is 0.